The lowest BCUT2D eigenvalue weighted by Crippen LogP contribution is -1.88. The Morgan fingerprint density at radius 1 is 0.781 bits per heavy atom. The lowest BCUT2D eigenvalue weighted by atomic mass is 9.98. The van der Waals surface area contributed by atoms with E-state index in [0.29, 0.717) is 10.9 Å². The average Bonchev–Trinajstić information content (AvgIpc) is 2.84. The number of hydrogen-bond donors (Lipinski definition) is 0. The maximum atomic E-state index is 15.1. The fourth-order valence-electron chi connectivity index (χ4n) is 3.81. The zero-order valence-corrected chi connectivity index (χ0v) is 18.7. The number of rotatable bonds is 5. The van der Waals surface area contributed by atoms with Crippen LogP contribution in [0, 0.1) is 17.7 Å². The van der Waals surface area contributed by atoms with Gasteiger partial charge >= 0.3 is 0 Å². The van der Waals surface area contributed by atoms with Crippen LogP contribution in [0.4, 0.5) is 4.39 Å². The van der Waals surface area contributed by atoms with Crippen molar-refractivity contribution in [2.75, 3.05) is 0 Å². The zero-order valence-electron chi connectivity index (χ0n) is 18.7. The van der Waals surface area contributed by atoms with Gasteiger partial charge in [0, 0.05) is 10.9 Å². The van der Waals surface area contributed by atoms with Gasteiger partial charge in [-0.1, -0.05) is 85.5 Å². The van der Waals surface area contributed by atoms with Crippen LogP contribution in [-0.4, -0.2) is 0 Å². The van der Waals surface area contributed by atoms with Crippen molar-refractivity contribution >= 4 is 10.8 Å². The molecule has 0 unspecified atom stereocenters. The molecule has 4 rings (SSSR count). The minimum absolute atomic E-state index is 0.258. The van der Waals surface area contributed by atoms with E-state index in [0.717, 1.165) is 41.3 Å². The number of allylic oxidation sites excluding steroid dienone is 2. The van der Waals surface area contributed by atoms with Crippen molar-refractivity contribution < 1.29 is 4.39 Å². The molecular formula is C31H27F. The first-order valence-electron chi connectivity index (χ1n) is 11.2. The largest absolute Gasteiger partial charge is 0.205 e. The molecule has 4 aromatic carbocycles. The molecule has 0 bridgehead atoms. The second kappa shape index (κ2) is 10.1. The highest BCUT2D eigenvalue weighted by Crippen LogP contribution is 2.27. The standard InChI is InChI=1S/C31H27F/c1-3-5-6-7-24-8-10-25(11-9-24)14-17-27-18-19-29-22-28(20-21-30(29)31(27)32)26-15-12-23(4-2)13-16-26/h3,5,8-13,15-16,18-22H,4,6-7H2,1-2H3/b5-3+. The Bertz CT molecular complexity index is 1300. The monoisotopic (exact) mass is 418 g/mol. The van der Waals surface area contributed by atoms with E-state index in [1.807, 2.05) is 43.3 Å². The molecule has 0 aliphatic heterocycles. The first kappa shape index (κ1) is 21.6. The Balaban J connectivity index is 1.56. The van der Waals surface area contributed by atoms with Crippen molar-refractivity contribution in [2.24, 2.45) is 0 Å². The van der Waals surface area contributed by atoms with Crippen LogP contribution in [0.25, 0.3) is 21.9 Å². The maximum Gasteiger partial charge on any atom is 0.146 e. The van der Waals surface area contributed by atoms with Gasteiger partial charge in [0.15, 0.2) is 0 Å². The van der Waals surface area contributed by atoms with Crippen LogP contribution in [-0.2, 0) is 12.8 Å². The minimum Gasteiger partial charge on any atom is -0.205 e. The smallest absolute Gasteiger partial charge is 0.146 e. The van der Waals surface area contributed by atoms with Gasteiger partial charge in [0.25, 0.3) is 0 Å². The van der Waals surface area contributed by atoms with Crippen molar-refractivity contribution in [3.63, 3.8) is 0 Å². The van der Waals surface area contributed by atoms with Gasteiger partial charge in [0.1, 0.15) is 5.82 Å². The predicted octanol–water partition coefficient (Wildman–Crippen LogP) is 8.12. The quantitative estimate of drug-likeness (QED) is 0.227. The van der Waals surface area contributed by atoms with E-state index in [4.69, 9.17) is 0 Å². The van der Waals surface area contributed by atoms with Crippen LogP contribution in [0.5, 0.6) is 0 Å². The molecule has 0 amide bonds. The molecule has 0 spiro atoms. The normalized spacial score (nSPS) is 11.0. The molecule has 0 nitrogen and oxygen atoms in total. The molecule has 0 heterocycles. The number of benzene rings is 4. The molecule has 158 valence electrons. The first-order chi connectivity index (χ1) is 15.7. The Hall–Kier alpha value is -3.63. The molecule has 0 saturated heterocycles. The highest BCUT2D eigenvalue weighted by Gasteiger charge is 2.07. The third-order valence-electron chi connectivity index (χ3n) is 5.78. The highest BCUT2D eigenvalue weighted by molar-refractivity contribution is 5.89. The molecule has 0 saturated carbocycles. The van der Waals surface area contributed by atoms with E-state index in [9.17, 15) is 0 Å². The molecule has 0 fully saturated rings. The second-order valence-electron chi connectivity index (χ2n) is 7.97. The third kappa shape index (κ3) is 4.98. The fourth-order valence-corrected chi connectivity index (χ4v) is 3.81. The predicted molar refractivity (Wildman–Crippen MR) is 134 cm³/mol. The van der Waals surface area contributed by atoms with Crippen molar-refractivity contribution in [1.29, 1.82) is 0 Å². The van der Waals surface area contributed by atoms with E-state index in [-0.39, 0.29) is 5.82 Å². The van der Waals surface area contributed by atoms with Gasteiger partial charge in [-0.2, -0.15) is 0 Å². The van der Waals surface area contributed by atoms with Crippen molar-refractivity contribution in [3.05, 3.63) is 119 Å². The zero-order chi connectivity index (χ0) is 22.3. The summed E-state index contributed by atoms with van der Waals surface area (Å²) in [6, 6.07) is 26.4. The van der Waals surface area contributed by atoms with Gasteiger partial charge < -0.3 is 0 Å². The summed E-state index contributed by atoms with van der Waals surface area (Å²) in [6.45, 7) is 4.18. The molecule has 0 atom stereocenters. The van der Waals surface area contributed by atoms with Gasteiger partial charge in [-0.3, -0.25) is 0 Å². The molecule has 0 aliphatic rings. The van der Waals surface area contributed by atoms with Crippen LogP contribution in [0.15, 0.2) is 91.0 Å². The van der Waals surface area contributed by atoms with E-state index in [1.54, 1.807) is 6.07 Å². The van der Waals surface area contributed by atoms with Gasteiger partial charge in [-0.05, 0) is 78.1 Å². The SMILES string of the molecule is C/C=C/CCc1ccc(C#Cc2ccc3cc(-c4ccc(CC)cc4)ccc3c2F)cc1. The van der Waals surface area contributed by atoms with Crippen LogP contribution >= 0.6 is 0 Å². The van der Waals surface area contributed by atoms with E-state index in [2.05, 4.69) is 67.3 Å². The number of aryl methyl sites for hydroxylation is 2. The average molecular weight is 419 g/mol. The molecule has 0 aliphatic carbocycles. The second-order valence-corrected chi connectivity index (χ2v) is 7.97. The van der Waals surface area contributed by atoms with Gasteiger partial charge in [0.05, 0.1) is 5.56 Å². The summed E-state index contributed by atoms with van der Waals surface area (Å²) in [6.07, 6.45) is 7.31. The lowest BCUT2D eigenvalue weighted by molar-refractivity contribution is 0.636. The highest BCUT2D eigenvalue weighted by atomic mass is 19.1. The molecular weight excluding hydrogens is 391 g/mol. The minimum atomic E-state index is -0.258. The maximum absolute atomic E-state index is 15.1. The van der Waals surface area contributed by atoms with Crippen molar-refractivity contribution in [1.82, 2.24) is 0 Å². The van der Waals surface area contributed by atoms with Crippen LogP contribution in [0.3, 0.4) is 0 Å². The number of hydrogen-bond acceptors (Lipinski definition) is 0. The van der Waals surface area contributed by atoms with E-state index in [1.165, 1.54) is 11.1 Å². The third-order valence-corrected chi connectivity index (χ3v) is 5.78. The summed E-state index contributed by atoms with van der Waals surface area (Å²) in [5.41, 5.74) is 6.15. The Labute approximate surface area is 190 Å². The lowest BCUT2D eigenvalue weighted by Gasteiger charge is -2.07. The summed E-state index contributed by atoms with van der Waals surface area (Å²) < 4.78 is 15.1. The van der Waals surface area contributed by atoms with Crippen LogP contribution < -0.4 is 0 Å². The van der Waals surface area contributed by atoms with Gasteiger partial charge in [0.2, 0.25) is 0 Å². The molecule has 4 aromatic rings. The van der Waals surface area contributed by atoms with Crippen molar-refractivity contribution in [3.8, 4) is 23.0 Å². The molecule has 32 heavy (non-hydrogen) atoms. The summed E-state index contributed by atoms with van der Waals surface area (Å²) in [7, 11) is 0. The van der Waals surface area contributed by atoms with Gasteiger partial charge in [-0.15, -0.1) is 0 Å². The summed E-state index contributed by atoms with van der Waals surface area (Å²) in [5, 5.41) is 1.49. The van der Waals surface area contributed by atoms with Crippen LogP contribution in [0.2, 0.25) is 0 Å². The molecule has 0 radical (unpaired) electrons. The first-order valence-corrected chi connectivity index (χ1v) is 11.2. The number of halogens is 1. The molecule has 0 N–H and O–H groups in total. The molecule has 0 aromatic heterocycles. The van der Waals surface area contributed by atoms with Crippen molar-refractivity contribution in [2.45, 2.75) is 33.1 Å². The summed E-state index contributed by atoms with van der Waals surface area (Å²) >= 11 is 0. The summed E-state index contributed by atoms with van der Waals surface area (Å²) in [4.78, 5) is 0. The summed E-state index contributed by atoms with van der Waals surface area (Å²) in [5.74, 6) is 5.86. The fraction of sp³-hybridized carbons (Fsp3) is 0.161. The Kier molecular flexibility index (Phi) is 6.83. The van der Waals surface area contributed by atoms with Crippen LogP contribution in [0.1, 0.15) is 42.5 Å². The number of fused-ring (bicyclic) bond motifs is 1. The molecule has 1 heteroatoms. The van der Waals surface area contributed by atoms with Gasteiger partial charge in [-0.25, -0.2) is 4.39 Å². The van der Waals surface area contributed by atoms with E-state index >= 15 is 4.39 Å². The topological polar surface area (TPSA) is 0 Å². The Morgan fingerprint density at radius 3 is 2.22 bits per heavy atom. The Morgan fingerprint density at radius 2 is 1.50 bits per heavy atom. The van der Waals surface area contributed by atoms with E-state index < -0.39 is 0 Å².